The predicted octanol–water partition coefficient (Wildman–Crippen LogP) is 5.22. The number of methoxy groups -OCH3 is 1. The van der Waals surface area contributed by atoms with Crippen molar-refractivity contribution in [1.29, 1.82) is 0 Å². The molecule has 0 atom stereocenters. The second kappa shape index (κ2) is 7.36. The lowest BCUT2D eigenvalue weighted by Crippen LogP contribution is -2.11. The summed E-state index contributed by atoms with van der Waals surface area (Å²) in [5.41, 5.74) is 3.03. The van der Waals surface area contributed by atoms with Gasteiger partial charge in [0, 0.05) is 16.8 Å². The molecule has 0 aliphatic rings. The van der Waals surface area contributed by atoms with E-state index >= 15 is 0 Å². The van der Waals surface area contributed by atoms with Gasteiger partial charge >= 0.3 is 0 Å². The molecule has 0 aliphatic carbocycles. The Bertz CT molecular complexity index is 1190. The maximum absolute atomic E-state index is 12.5. The first-order valence-corrected chi connectivity index (χ1v) is 9.17. The Morgan fingerprint density at radius 3 is 2.79 bits per heavy atom. The summed E-state index contributed by atoms with van der Waals surface area (Å²) in [4.78, 5) is 17.0. The average Bonchev–Trinajstić information content (AvgIpc) is 3.13. The van der Waals surface area contributed by atoms with Crippen LogP contribution in [0.25, 0.3) is 22.6 Å². The molecule has 0 radical (unpaired) electrons. The Balaban J connectivity index is 1.60. The zero-order valence-corrected chi connectivity index (χ0v) is 16.4. The van der Waals surface area contributed by atoms with E-state index < -0.39 is 0 Å². The van der Waals surface area contributed by atoms with Crippen LogP contribution in [0.15, 0.2) is 69.6 Å². The molecule has 3 aromatic carbocycles. The molecular weight excluding hydrogens is 424 g/mol. The molecular formula is C21H15BrN2O4. The molecule has 0 bridgehead atoms. The molecule has 0 spiro atoms. The van der Waals surface area contributed by atoms with Gasteiger partial charge in [0.15, 0.2) is 5.58 Å². The number of phenols is 1. The van der Waals surface area contributed by atoms with Gasteiger partial charge < -0.3 is 19.6 Å². The van der Waals surface area contributed by atoms with E-state index in [0.717, 1.165) is 5.56 Å². The summed E-state index contributed by atoms with van der Waals surface area (Å²) in [6.07, 6.45) is 0. The zero-order chi connectivity index (χ0) is 19.7. The number of oxazole rings is 1. The highest BCUT2D eigenvalue weighted by Gasteiger charge is 2.12. The summed E-state index contributed by atoms with van der Waals surface area (Å²) in [6.45, 7) is 0. The van der Waals surface area contributed by atoms with Crippen molar-refractivity contribution in [3.63, 3.8) is 0 Å². The van der Waals surface area contributed by atoms with Crippen LogP contribution >= 0.6 is 15.9 Å². The maximum Gasteiger partial charge on any atom is 0.255 e. The number of nitrogens with zero attached hydrogens (tertiary/aromatic N) is 1. The van der Waals surface area contributed by atoms with Crippen molar-refractivity contribution in [1.82, 2.24) is 4.98 Å². The standard InChI is InChI=1S/C21H15BrN2O4/c1-27-15-4-2-3-12(9-15)20(26)23-14-6-8-19-17(11-14)24-21(28-19)13-5-7-18(25)16(22)10-13/h2-11,25H,1H3,(H,23,26). The number of aromatic nitrogens is 1. The fourth-order valence-electron chi connectivity index (χ4n) is 2.74. The van der Waals surface area contributed by atoms with Crippen molar-refractivity contribution < 1.29 is 19.1 Å². The summed E-state index contributed by atoms with van der Waals surface area (Å²) < 4.78 is 11.5. The largest absolute Gasteiger partial charge is 0.507 e. The number of nitrogens with one attached hydrogen (secondary N) is 1. The lowest BCUT2D eigenvalue weighted by molar-refractivity contribution is 0.102. The highest BCUT2D eigenvalue weighted by Crippen LogP contribution is 2.31. The van der Waals surface area contributed by atoms with E-state index in [1.165, 1.54) is 0 Å². The van der Waals surface area contributed by atoms with Crippen LogP contribution in [0, 0.1) is 0 Å². The zero-order valence-electron chi connectivity index (χ0n) is 14.8. The fraction of sp³-hybridized carbons (Fsp3) is 0.0476. The lowest BCUT2D eigenvalue weighted by Gasteiger charge is -2.06. The number of benzene rings is 3. The Morgan fingerprint density at radius 2 is 2.00 bits per heavy atom. The maximum atomic E-state index is 12.5. The summed E-state index contributed by atoms with van der Waals surface area (Å²) in [7, 11) is 1.56. The van der Waals surface area contributed by atoms with E-state index in [0.29, 0.717) is 38.5 Å². The number of aromatic hydroxyl groups is 1. The van der Waals surface area contributed by atoms with Crippen molar-refractivity contribution in [3.05, 3.63) is 70.7 Å². The number of phenolic OH excluding ortho intramolecular Hbond substituents is 1. The number of rotatable bonds is 4. The van der Waals surface area contributed by atoms with E-state index in [1.807, 2.05) is 0 Å². The van der Waals surface area contributed by atoms with Crippen LogP contribution in [0.3, 0.4) is 0 Å². The van der Waals surface area contributed by atoms with Gasteiger partial charge in [0.2, 0.25) is 5.89 Å². The molecule has 2 N–H and O–H groups in total. The van der Waals surface area contributed by atoms with Gasteiger partial charge in [0.05, 0.1) is 11.6 Å². The molecule has 0 aliphatic heterocycles. The molecule has 7 heteroatoms. The van der Waals surface area contributed by atoms with Gasteiger partial charge in [-0.05, 0) is 70.5 Å². The second-order valence-corrected chi connectivity index (χ2v) is 6.91. The van der Waals surface area contributed by atoms with E-state index in [1.54, 1.807) is 67.8 Å². The van der Waals surface area contributed by atoms with Crippen molar-refractivity contribution >= 4 is 38.6 Å². The van der Waals surface area contributed by atoms with Gasteiger partial charge in [0.25, 0.3) is 5.91 Å². The van der Waals surface area contributed by atoms with Crippen LogP contribution in [0.4, 0.5) is 5.69 Å². The first kappa shape index (κ1) is 18.1. The number of fused-ring (bicyclic) bond motifs is 1. The molecule has 4 rings (SSSR count). The summed E-state index contributed by atoms with van der Waals surface area (Å²) in [6, 6.07) is 17.2. The van der Waals surface area contributed by atoms with E-state index in [-0.39, 0.29) is 11.7 Å². The third kappa shape index (κ3) is 3.57. The fourth-order valence-corrected chi connectivity index (χ4v) is 3.11. The van der Waals surface area contributed by atoms with Crippen LogP contribution < -0.4 is 10.1 Å². The smallest absolute Gasteiger partial charge is 0.255 e. The number of amides is 1. The molecule has 1 heterocycles. The minimum absolute atomic E-state index is 0.141. The summed E-state index contributed by atoms with van der Waals surface area (Å²) in [5, 5.41) is 12.5. The van der Waals surface area contributed by atoms with Crippen molar-refractivity contribution in [3.8, 4) is 23.0 Å². The van der Waals surface area contributed by atoms with Crippen LogP contribution in [-0.4, -0.2) is 23.1 Å². The Hall–Kier alpha value is -3.32. The lowest BCUT2D eigenvalue weighted by atomic mass is 10.2. The SMILES string of the molecule is COc1cccc(C(=O)Nc2ccc3oc(-c4ccc(O)c(Br)c4)nc3c2)c1. The molecule has 0 saturated carbocycles. The van der Waals surface area contributed by atoms with Gasteiger partial charge in [-0.25, -0.2) is 4.98 Å². The van der Waals surface area contributed by atoms with Crippen LogP contribution in [0.1, 0.15) is 10.4 Å². The molecule has 1 amide bonds. The number of hydrogen-bond acceptors (Lipinski definition) is 5. The third-order valence-electron chi connectivity index (χ3n) is 4.17. The highest BCUT2D eigenvalue weighted by molar-refractivity contribution is 9.10. The molecule has 6 nitrogen and oxygen atoms in total. The van der Waals surface area contributed by atoms with Crippen molar-refractivity contribution in [2.45, 2.75) is 0 Å². The number of halogens is 1. The predicted molar refractivity (Wildman–Crippen MR) is 110 cm³/mol. The van der Waals surface area contributed by atoms with E-state index in [4.69, 9.17) is 9.15 Å². The molecule has 0 saturated heterocycles. The van der Waals surface area contributed by atoms with Gasteiger partial charge in [-0.2, -0.15) is 0 Å². The number of anilines is 1. The van der Waals surface area contributed by atoms with Gasteiger partial charge in [0.1, 0.15) is 17.0 Å². The topological polar surface area (TPSA) is 84.6 Å². The second-order valence-electron chi connectivity index (χ2n) is 6.05. The first-order chi connectivity index (χ1) is 13.5. The van der Waals surface area contributed by atoms with Crippen molar-refractivity contribution in [2.24, 2.45) is 0 Å². The average molecular weight is 439 g/mol. The van der Waals surface area contributed by atoms with Gasteiger partial charge in [-0.3, -0.25) is 4.79 Å². The normalized spacial score (nSPS) is 10.8. The quantitative estimate of drug-likeness (QED) is 0.455. The number of hydrogen-bond donors (Lipinski definition) is 2. The molecule has 0 unspecified atom stereocenters. The highest BCUT2D eigenvalue weighted by atomic mass is 79.9. The van der Waals surface area contributed by atoms with Crippen LogP contribution in [0.2, 0.25) is 0 Å². The Kier molecular flexibility index (Phi) is 4.75. The summed E-state index contributed by atoms with van der Waals surface area (Å²) >= 11 is 3.28. The van der Waals surface area contributed by atoms with Gasteiger partial charge in [-0.15, -0.1) is 0 Å². The molecule has 28 heavy (non-hydrogen) atoms. The summed E-state index contributed by atoms with van der Waals surface area (Å²) in [5.74, 6) is 0.933. The Labute approximate surface area is 168 Å². The molecule has 0 fully saturated rings. The van der Waals surface area contributed by atoms with E-state index in [9.17, 15) is 9.90 Å². The van der Waals surface area contributed by atoms with Crippen LogP contribution in [-0.2, 0) is 0 Å². The third-order valence-corrected chi connectivity index (χ3v) is 4.81. The molecule has 1 aromatic heterocycles. The van der Waals surface area contributed by atoms with E-state index in [2.05, 4.69) is 26.2 Å². The number of carbonyl (C=O) groups excluding carboxylic acids is 1. The van der Waals surface area contributed by atoms with Crippen LogP contribution in [0.5, 0.6) is 11.5 Å². The minimum Gasteiger partial charge on any atom is -0.507 e. The first-order valence-electron chi connectivity index (χ1n) is 8.38. The molecule has 4 aromatic rings. The Morgan fingerprint density at radius 1 is 1.14 bits per heavy atom. The molecule has 140 valence electrons. The van der Waals surface area contributed by atoms with Crippen molar-refractivity contribution in [2.75, 3.05) is 12.4 Å². The number of carbonyl (C=O) groups is 1. The minimum atomic E-state index is -0.246. The monoisotopic (exact) mass is 438 g/mol. The van der Waals surface area contributed by atoms with Gasteiger partial charge in [-0.1, -0.05) is 6.07 Å². The number of ether oxygens (including phenoxy) is 1.